The van der Waals surface area contributed by atoms with Crippen LogP contribution >= 0.6 is 0 Å². The van der Waals surface area contributed by atoms with Crippen LogP contribution < -0.4 is 10.5 Å². The van der Waals surface area contributed by atoms with Gasteiger partial charge in [0.25, 0.3) is 0 Å². The summed E-state index contributed by atoms with van der Waals surface area (Å²) in [5.41, 5.74) is 7.72. The first-order valence-corrected chi connectivity index (χ1v) is 8.40. The first kappa shape index (κ1) is 15.1. The molecule has 2 rings (SSSR count). The zero-order chi connectivity index (χ0) is 14.8. The molecule has 0 spiro atoms. The Bertz CT molecular complexity index is 598. The summed E-state index contributed by atoms with van der Waals surface area (Å²) in [4.78, 5) is 0.359. The highest BCUT2D eigenvalue weighted by Gasteiger charge is 2.21. The molecule has 0 radical (unpaired) electrons. The molecular weight excluding hydrogens is 272 g/mol. The van der Waals surface area contributed by atoms with Gasteiger partial charge in [0.2, 0.25) is 10.0 Å². The van der Waals surface area contributed by atoms with Gasteiger partial charge >= 0.3 is 0 Å². The van der Waals surface area contributed by atoms with Crippen molar-refractivity contribution < 1.29 is 8.42 Å². The summed E-state index contributed by atoms with van der Waals surface area (Å²) in [5.74, 6) is 0.393. The van der Waals surface area contributed by atoms with Crippen LogP contribution in [0.4, 0.5) is 5.69 Å². The predicted molar refractivity (Wildman–Crippen MR) is 82.0 cm³/mol. The van der Waals surface area contributed by atoms with Gasteiger partial charge in [-0.25, -0.2) is 13.1 Å². The molecular formula is C15H22N2O2S. The van der Waals surface area contributed by atoms with Gasteiger partial charge in [-0.2, -0.15) is 0 Å². The predicted octanol–water partition coefficient (Wildman–Crippen LogP) is 2.52. The normalized spacial score (nSPS) is 19.2. The molecule has 0 amide bonds. The number of sulfonamides is 1. The Morgan fingerprint density at radius 2 is 1.90 bits per heavy atom. The summed E-state index contributed by atoms with van der Waals surface area (Å²) >= 11 is 0. The van der Waals surface area contributed by atoms with Crippen molar-refractivity contribution >= 4 is 15.7 Å². The molecule has 1 aromatic carbocycles. The number of rotatable bonds is 4. The van der Waals surface area contributed by atoms with E-state index in [2.05, 4.69) is 16.9 Å². The lowest BCUT2D eigenvalue weighted by Gasteiger charge is -2.19. The topological polar surface area (TPSA) is 72.2 Å². The van der Waals surface area contributed by atoms with Gasteiger partial charge in [0, 0.05) is 12.2 Å². The Balaban J connectivity index is 2.16. The van der Waals surface area contributed by atoms with Crippen molar-refractivity contribution in [1.29, 1.82) is 0 Å². The van der Waals surface area contributed by atoms with Crippen molar-refractivity contribution in [3.05, 3.63) is 35.4 Å². The van der Waals surface area contributed by atoms with E-state index in [1.165, 1.54) is 0 Å². The Labute approximate surface area is 121 Å². The average molecular weight is 294 g/mol. The lowest BCUT2D eigenvalue weighted by molar-refractivity contribution is 0.468. The van der Waals surface area contributed by atoms with E-state index in [-0.39, 0.29) is 0 Å². The standard InChI is InChI=1S/C15H22N2O2S/c1-11-8-14(16)9-12(2)15(11)20(18,19)17-10-13-6-4-3-5-7-13/h3-4,8-9,13,17H,5-7,10,16H2,1-2H3. The molecule has 0 bridgehead atoms. The third kappa shape index (κ3) is 3.41. The summed E-state index contributed by atoms with van der Waals surface area (Å²) in [7, 11) is -3.47. The zero-order valence-electron chi connectivity index (χ0n) is 12.0. The molecule has 1 atom stereocenters. The van der Waals surface area contributed by atoms with Crippen LogP contribution in [0.5, 0.6) is 0 Å². The van der Waals surface area contributed by atoms with Crippen molar-refractivity contribution in [2.24, 2.45) is 5.92 Å². The van der Waals surface area contributed by atoms with E-state index in [1.807, 2.05) is 0 Å². The van der Waals surface area contributed by atoms with Gasteiger partial charge < -0.3 is 5.73 Å². The van der Waals surface area contributed by atoms with E-state index in [0.29, 0.717) is 34.2 Å². The number of anilines is 1. The van der Waals surface area contributed by atoms with Crippen molar-refractivity contribution in [2.45, 2.75) is 38.0 Å². The summed E-state index contributed by atoms with van der Waals surface area (Å²) in [5, 5.41) is 0. The van der Waals surface area contributed by atoms with E-state index in [4.69, 9.17) is 5.73 Å². The maximum atomic E-state index is 12.5. The largest absolute Gasteiger partial charge is 0.399 e. The third-order valence-corrected chi connectivity index (χ3v) is 5.42. The van der Waals surface area contributed by atoms with Crippen LogP contribution in [0.15, 0.2) is 29.2 Å². The van der Waals surface area contributed by atoms with E-state index in [1.54, 1.807) is 26.0 Å². The quantitative estimate of drug-likeness (QED) is 0.662. The van der Waals surface area contributed by atoms with Crippen LogP contribution in [-0.2, 0) is 10.0 Å². The van der Waals surface area contributed by atoms with Crippen LogP contribution in [0, 0.1) is 19.8 Å². The van der Waals surface area contributed by atoms with Crippen LogP contribution in [0.3, 0.4) is 0 Å². The van der Waals surface area contributed by atoms with E-state index in [0.717, 1.165) is 19.3 Å². The highest BCUT2D eigenvalue weighted by Crippen LogP contribution is 2.24. The Kier molecular flexibility index (Phi) is 4.50. The van der Waals surface area contributed by atoms with Gasteiger partial charge in [0.15, 0.2) is 0 Å². The Morgan fingerprint density at radius 1 is 1.25 bits per heavy atom. The van der Waals surface area contributed by atoms with Gasteiger partial charge in [0.05, 0.1) is 4.90 Å². The molecule has 4 nitrogen and oxygen atoms in total. The van der Waals surface area contributed by atoms with E-state index >= 15 is 0 Å². The minimum Gasteiger partial charge on any atom is -0.399 e. The van der Waals surface area contributed by atoms with Crippen LogP contribution in [0.2, 0.25) is 0 Å². The Hall–Kier alpha value is -1.33. The molecule has 1 aromatic rings. The number of benzene rings is 1. The minimum absolute atomic E-state index is 0.359. The number of nitrogens with one attached hydrogen (secondary N) is 1. The zero-order valence-corrected chi connectivity index (χ0v) is 12.8. The molecule has 1 aliphatic carbocycles. The highest BCUT2D eigenvalue weighted by molar-refractivity contribution is 7.89. The van der Waals surface area contributed by atoms with Gasteiger partial charge in [-0.3, -0.25) is 0 Å². The van der Waals surface area contributed by atoms with Crippen molar-refractivity contribution in [2.75, 3.05) is 12.3 Å². The molecule has 1 aliphatic rings. The molecule has 5 heteroatoms. The number of aryl methyl sites for hydroxylation is 2. The van der Waals surface area contributed by atoms with Crippen molar-refractivity contribution in [3.63, 3.8) is 0 Å². The molecule has 0 aliphatic heterocycles. The smallest absolute Gasteiger partial charge is 0.241 e. The lowest BCUT2D eigenvalue weighted by Crippen LogP contribution is -2.30. The molecule has 3 N–H and O–H groups in total. The average Bonchev–Trinajstić information content (AvgIpc) is 2.36. The fraction of sp³-hybridized carbons (Fsp3) is 0.467. The molecule has 0 fully saturated rings. The monoisotopic (exact) mass is 294 g/mol. The molecule has 0 heterocycles. The van der Waals surface area contributed by atoms with Gasteiger partial charge in [-0.15, -0.1) is 0 Å². The van der Waals surface area contributed by atoms with Gasteiger partial charge in [-0.1, -0.05) is 12.2 Å². The van der Waals surface area contributed by atoms with Crippen LogP contribution in [-0.4, -0.2) is 15.0 Å². The summed E-state index contributed by atoms with van der Waals surface area (Å²) < 4.78 is 27.7. The molecule has 0 saturated heterocycles. The summed E-state index contributed by atoms with van der Waals surface area (Å²) in [6.07, 6.45) is 7.30. The van der Waals surface area contributed by atoms with E-state index < -0.39 is 10.0 Å². The number of nitrogens with two attached hydrogens (primary N) is 1. The first-order chi connectivity index (χ1) is 9.40. The van der Waals surface area contributed by atoms with Crippen LogP contribution in [0.25, 0.3) is 0 Å². The maximum Gasteiger partial charge on any atom is 0.241 e. The highest BCUT2D eigenvalue weighted by atomic mass is 32.2. The van der Waals surface area contributed by atoms with Gasteiger partial charge in [-0.05, 0) is 62.3 Å². The number of hydrogen-bond acceptors (Lipinski definition) is 3. The minimum atomic E-state index is -3.47. The van der Waals surface area contributed by atoms with Gasteiger partial charge in [0.1, 0.15) is 0 Å². The van der Waals surface area contributed by atoms with Crippen LogP contribution in [0.1, 0.15) is 30.4 Å². The SMILES string of the molecule is Cc1cc(N)cc(C)c1S(=O)(=O)NCC1CC=CCC1. The molecule has 0 saturated carbocycles. The number of allylic oxidation sites excluding steroid dienone is 2. The number of hydrogen-bond donors (Lipinski definition) is 2. The Morgan fingerprint density at radius 3 is 2.45 bits per heavy atom. The maximum absolute atomic E-state index is 12.5. The van der Waals surface area contributed by atoms with E-state index in [9.17, 15) is 8.42 Å². The molecule has 20 heavy (non-hydrogen) atoms. The number of nitrogen functional groups attached to an aromatic ring is 1. The summed E-state index contributed by atoms with van der Waals surface area (Å²) in [6.45, 7) is 4.05. The molecule has 1 unspecified atom stereocenters. The second-order valence-corrected chi connectivity index (χ2v) is 7.19. The fourth-order valence-corrected chi connectivity index (χ4v) is 4.31. The third-order valence-electron chi connectivity index (χ3n) is 3.69. The summed E-state index contributed by atoms with van der Waals surface area (Å²) in [6, 6.07) is 3.40. The van der Waals surface area contributed by atoms with Crippen molar-refractivity contribution in [1.82, 2.24) is 4.72 Å². The first-order valence-electron chi connectivity index (χ1n) is 6.91. The molecule has 0 aromatic heterocycles. The van der Waals surface area contributed by atoms with Crippen molar-refractivity contribution in [3.8, 4) is 0 Å². The molecule has 110 valence electrons. The second-order valence-electron chi connectivity index (χ2n) is 5.49. The fourth-order valence-electron chi connectivity index (χ4n) is 2.75. The second kappa shape index (κ2) is 5.97. The lowest BCUT2D eigenvalue weighted by atomic mass is 9.95.